The molecule has 4 heteroatoms. The number of unbranched alkanes of at least 4 members (excludes halogenated alkanes) is 9. The van der Waals surface area contributed by atoms with Crippen LogP contribution in [0, 0.1) is 0 Å². The Morgan fingerprint density at radius 2 is 1.26 bits per heavy atom. The molecule has 1 fully saturated rings. The van der Waals surface area contributed by atoms with Crippen LogP contribution < -0.4 is 0 Å². The lowest BCUT2D eigenvalue weighted by molar-refractivity contribution is 0.0258. The molecule has 0 spiro atoms. The Bertz CT molecular complexity index is 632. The van der Waals surface area contributed by atoms with Gasteiger partial charge in [-0.3, -0.25) is 0 Å². The molecule has 1 saturated carbocycles. The summed E-state index contributed by atoms with van der Waals surface area (Å²) >= 11 is 0. The van der Waals surface area contributed by atoms with Crippen molar-refractivity contribution in [2.24, 2.45) is 0 Å². The molecular formula is C27H42O4. The number of hydrogen-bond acceptors (Lipinski definition) is 4. The summed E-state index contributed by atoms with van der Waals surface area (Å²) in [5, 5.41) is 0. The van der Waals surface area contributed by atoms with E-state index >= 15 is 0 Å². The van der Waals surface area contributed by atoms with Gasteiger partial charge >= 0.3 is 11.9 Å². The van der Waals surface area contributed by atoms with Crippen LogP contribution in [-0.4, -0.2) is 24.6 Å². The van der Waals surface area contributed by atoms with Crippen LogP contribution in [-0.2, 0) is 9.47 Å². The van der Waals surface area contributed by atoms with Crippen molar-refractivity contribution in [3.05, 3.63) is 35.4 Å². The van der Waals surface area contributed by atoms with Crippen molar-refractivity contribution in [3.8, 4) is 0 Å². The van der Waals surface area contributed by atoms with E-state index in [9.17, 15) is 9.59 Å². The first-order valence-corrected chi connectivity index (χ1v) is 12.7. The van der Waals surface area contributed by atoms with Crippen LogP contribution in [0.5, 0.6) is 0 Å². The van der Waals surface area contributed by atoms with E-state index in [0.717, 1.165) is 38.5 Å². The summed E-state index contributed by atoms with van der Waals surface area (Å²) in [6.07, 6.45) is 18.8. The molecule has 0 bridgehead atoms. The highest BCUT2D eigenvalue weighted by molar-refractivity contribution is 6.03. The Balaban J connectivity index is 1.67. The number of esters is 2. The summed E-state index contributed by atoms with van der Waals surface area (Å²) in [5.74, 6) is -0.831. The summed E-state index contributed by atoms with van der Waals surface area (Å²) < 4.78 is 11.2. The molecule has 0 saturated heterocycles. The highest BCUT2D eigenvalue weighted by Crippen LogP contribution is 2.22. The molecule has 31 heavy (non-hydrogen) atoms. The van der Waals surface area contributed by atoms with Crippen LogP contribution in [0.2, 0.25) is 0 Å². The first-order valence-electron chi connectivity index (χ1n) is 12.7. The molecule has 0 aliphatic heterocycles. The first kappa shape index (κ1) is 25.4. The van der Waals surface area contributed by atoms with Crippen molar-refractivity contribution in [3.63, 3.8) is 0 Å². The van der Waals surface area contributed by atoms with Gasteiger partial charge in [-0.2, -0.15) is 0 Å². The molecule has 2 rings (SSSR count). The first-order chi connectivity index (χ1) is 15.2. The Kier molecular flexibility index (Phi) is 13.0. The second-order valence-electron chi connectivity index (χ2n) is 8.88. The predicted molar refractivity (Wildman–Crippen MR) is 125 cm³/mol. The lowest BCUT2D eigenvalue weighted by atomic mass is 10.1. The lowest BCUT2D eigenvalue weighted by Crippen LogP contribution is -2.20. The summed E-state index contributed by atoms with van der Waals surface area (Å²) in [6.45, 7) is 2.65. The Labute approximate surface area is 189 Å². The minimum atomic E-state index is -0.427. The van der Waals surface area contributed by atoms with E-state index in [1.807, 2.05) is 0 Å². The highest BCUT2D eigenvalue weighted by Gasteiger charge is 2.22. The maximum atomic E-state index is 12.7. The van der Waals surface area contributed by atoms with Crippen molar-refractivity contribution in [1.29, 1.82) is 0 Å². The van der Waals surface area contributed by atoms with Gasteiger partial charge in [0.1, 0.15) is 6.10 Å². The summed E-state index contributed by atoms with van der Waals surface area (Å²) in [6, 6.07) is 6.85. The minimum Gasteiger partial charge on any atom is -0.462 e. The van der Waals surface area contributed by atoms with Gasteiger partial charge < -0.3 is 9.47 Å². The molecule has 1 aliphatic carbocycles. The average Bonchev–Trinajstić information content (AvgIpc) is 3.06. The smallest absolute Gasteiger partial charge is 0.339 e. The highest BCUT2D eigenvalue weighted by atomic mass is 16.5. The molecule has 1 aliphatic rings. The van der Waals surface area contributed by atoms with Gasteiger partial charge in [-0.25, -0.2) is 9.59 Å². The molecule has 0 radical (unpaired) electrons. The SMILES string of the molecule is CCCCCCCCCCCCOC(=O)c1ccccc1C(=O)OC1CCCCCC1. The van der Waals surface area contributed by atoms with E-state index in [1.54, 1.807) is 24.3 Å². The summed E-state index contributed by atoms with van der Waals surface area (Å²) in [5.41, 5.74) is 0.632. The molecular weight excluding hydrogens is 388 g/mol. The van der Waals surface area contributed by atoms with Gasteiger partial charge in [0.25, 0.3) is 0 Å². The fourth-order valence-electron chi connectivity index (χ4n) is 4.25. The summed E-state index contributed by atoms with van der Waals surface area (Å²) in [7, 11) is 0. The fraction of sp³-hybridized carbons (Fsp3) is 0.704. The molecule has 0 unspecified atom stereocenters. The Morgan fingerprint density at radius 3 is 1.84 bits per heavy atom. The van der Waals surface area contributed by atoms with Gasteiger partial charge in [-0.1, -0.05) is 89.7 Å². The van der Waals surface area contributed by atoms with Crippen LogP contribution in [0.15, 0.2) is 24.3 Å². The molecule has 0 aromatic heterocycles. The lowest BCUT2D eigenvalue weighted by Gasteiger charge is -2.16. The zero-order chi connectivity index (χ0) is 22.2. The maximum absolute atomic E-state index is 12.7. The monoisotopic (exact) mass is 430 g/mol. The third-order valence-electron chi connectivity index (χ3n) is 6.17. The number of carbonyl (C=O) groups is 2. The molecule has 4 nitrogen and oxygen atoms in total. The Hall–Kier alpha value is -1.84. The third kappa shape index (κ3) is 10.3. The number of carbonyl (C=O) groups excluding carboxylic acids is 2. The molecule has 0 N–H and O–H groups in total. The van der Waals surface area contributed by atoms with Crippen LogP contribution in [0.4, 0.5) is 0 Å². The fourth-order valence-corrected chi connectivity index (χ4v) is 4.25. The van der Waals surface area contributed by atoms with Gasteiger partial charge in [0.05, 0.1) is 17.7 Å². The van der Waals surface area contributed by atoms with Crippen LogP contribution in [0.25, 0.3) is 0 Å². The zero-order valence-corrected chi connectivity index (χ0v) is 19.5. The largest absolute Gasteiger partial charge is 0.462 e. The minimum absolute atomic E-state index is 0.0364. The van der Waals surface area contributed by atoms with Gasteiger partial charge in [0.2, 0.25) is 0 Å². The van der Waals surface area contributed by atoms with Gasteiger partial charge in [-0.15, -0.1) is 0 Å². The number of ether oxygens (including phenoxy) is 2. The van der Waals surface area contributed by atoms with Crippen molar-refractivity contribution in [2.45, 2.75) is 116 Å². The topological polar surface area (TPSA) is 52.6 Å². The second kappa shape index (κ2) is 15.9. The standard InChI is InChI=1S/C27H42O4/c1-2-3-4-5-6-7-8-9-12-17-22-30-26(28)24-20-15-16-21-25(24)27(29)31-23-18-13-10-11-14-19-23/h15-16,20-21,23H,2-14,17-19,22H2,1H3. The second-order valence-corrected chi connectivity index (χ2v) is 8.88. The van der Waals surface area contributed by atoms with Crippen LogP contribution >= 0.6 is 0 Å². The molecule has 1 aromatic rings. The van der Waals surface area contributed by atoms with E-state index in [-0.39, 0.29) is 6.10 Å². The molecule has 1 aromatic carbocycles. The summed E-state index contributed by atoms with van der Waals surface area (Å²) in [4.78, 5) is 25.2. The van der Waals surface area contributed by atoms with Gasteiger partial charge in [0, 0.05) is 0 Å². The number of benzene rings is 1. The van der Waals surface area contributed by atoms with Crippen molar-refractivity contribution >= 4 is 11.9 Å². The van der Waals surface area contributed by atoms with Gasteiger partial charge in [0.15, 0.2) is 0 Å². The quantitative estimate of drug-likeness (QED) is 0.173. The van der Waals surface area contributed by atoms with E-state index < -0.39 is 11.9 Å². The molecule has 0 heterocycles. The van der Waals surface area contributed by atoms with E-state index in [1.165, 1.54) is 64.2 Å². The third-order valence-corrected chi connectivity index (χ3v) is 6.17. The molecule has 0 atom stereocenters. The van der Waals surface area contributed by atoms with Crippen molar-refractivity contribution < 1.29 is 19.1 Å². The number of hydrogen-bond donors (Lipinski definition) is 0. The normalized spacial score (nSPS) is 14.7. The average molecular weight is 431 g/mol. The van der Waals surface area contributed by atoms with Crippen molar-refractivity contribution in [1.82, 2.24) is 0 Å². The van der Waals surface area contributed by atoms with E-state index in [4.69, 9.17) is 9.47 Å². The van der Waals surface area contributed by atoms with E-state index in [0.29, 0.717) is 17.7 Å². The maximum Gasteiger partial charge on any atom is 0.339 e. The molecule has 0 amide bonds. The predicted octanol–water partition coefficient (Wildman–Crippen LogP) is 7.64. The van der Waals surface area contributed by atoms with Crippen LogP contribution in [0.3, 0.4) is 0 Å². The van der Waals surface area contributed by atoms with Gasteiger partial charge in [-0.05, 0) is 44.2 Å². The van der Waals surface area contributed by atoms with E-state index in [2.05, 4.69) is 6.92 Å². The Morgan fingerprint density at radius 1 is 0.742 bits per heavy atom. The van der Waals surface area contributed by atoms with Crippen molar-refractivity contribution in [2.75, 3.05) is 6.61 Å². The van der Waals surface area contributed by atoms with Crippen LogP contribution in [0.1, 0.15) is 130 Å². The zero-order valence-electron chi connectivity index (χ0n) is 19.5. The molecule has 174 valence electrons. The number of rotatable bonds is 14.